The third-order valence-electron chi connectivity index (χ3n) is 3.32. The van der Waals surface area contributed by atoms with Gasteiger partial charge in [0.2, 0.25) is 0 Å². The van der Waals surface area contributed by atoms with Crippen molar-refractivity contribution in [3.63, 3.8) is 0 Å². The number of aryl methyl sites for hydroxylation is 1. The third kappa shape index (κ3) is 4.41. The molecule has 0 bridgehead atoms. The first kappa shape index (κ1) is 13.1. The van der Waals surface area contributed by atoms with E-state index in [-0.39, 0.29) is 0 Å². The second-order valence-electron chi connectivity index (χ2n) is 4.53. The van der Waals surface area contributed by atoms with E-state index in [4.69, 9.17) is 0 Å². The van der Waals surface area contributed by atoms with Gasteiger partial charge in [-0.3, -0.25) is 4.90 Å². The van der Waals surface area contributed by atoms with Gasteiger partial charge in [0.25, 0.3) is 0 Å². The molecule has 0 atom stereocenters. The Hall–Kier alpha value is -0.390. The summed E-state index contributed by atoms with van der Waals surface area (Å²) in [5, 5.41) is 1.09. The van der Waals surface area contributed by atoms with Crippen LogP contribution in [0, 0.1) is 0 Å². The first-order chi connectivity index (χ1) is 8.38. The molecular weight excluding hydrogens is 280 g/mol. The number of piperazine rings is 1. The van der Waals surface area contributed by atoms with Gasteiger partial charge in [-0.15, -0.1) is 0 Å². The van der Waals surface area contributed by atoms with Gasteiger partial charge in [0.15, 0.2) is 0 Å². The molecule has 0 spiro atoms. The Morgan fingerprint density at radius 1 is 1.00 bits per heavy atom. The standard InChI is InChI=1S/C12H21BrN4/c13-2-6-16-10-8-15(9-11-16)4-1-5-17-7-3-14-12-17/h3,7,12H,1-2,4-6,8-11H2. The maximum absolute atomic E-state index is 4.06. The minimum Gasteiger partial charge on any atom is -0.337 e. The monoisotopic (exact) mass is 300 g/mol. The van der Waals surface area contributed by atoms with Crippen molar-refractivity contribution in [2.75, 3.05) is 44.6 Å². The van der Waals surface area contributed by atoms with E-state index in [1.54, 1.807) is 0 Å². The number of nitrogens with zero attached hydrogens (tertiary/aromatic N) is 4. The molecule has 1 fully saturated rings. The smallest absolute Gasteiger partial charge is 0.0945 e. The van der Waals surface area contributed by atoms with Crippen molar-refractivity contribution in [1.29, 1.82) is 0 Å². The fourth-order valence-corrected chi connectivity index (χ4v) is 2.75. The topological polar surface area (TPSA) is 24.3 Å². The Morgan fingerprint density at radius 2 is 1.71 bits per heavy atom. The molecule has 4 nitrogen and oxygen atoms in total. The number of alkyl halides is 1. The van der Waals surface area contributed by atoms with Gasteiger partial charge >= 0.3 is 0 Å². The molecule has 0 radical (unpaired) electrons. The highest BCUT2D eigenvalue weighted by Gasteiger charge is 2.15. The Balaban J connectivity index is 1.58. The molecule has 0 saturated carbocycles. The zero-order valence-electron chi connectivity index (χ0n) is 10.3. The Bertz CT molecular complexity index is 293. The van der Waals surface area contributed by atoms with Crippen LogP contribution in [0.3, 0.4) is 0 Å². The van der Waals surface area contributed by atoms with E-state index < -0.39 is 0 Å². The van der Waals surface area contributed by atoms with Gasteiger partial charge in [-0.05, 0) is 13.0 Å². The molecule has 0 amide bonds. The molecule has 5 heteroatoms. The quantitative estimate of drug-likeness (QED) is 0.740. The molecule has 0 N–H and O–H groups in total. The van der Waals surface area contributed by atoms with Gasteiger partial charge in [0.1, 0.15) is 0 Å². The summed E-state index contributed by atoms with van der Waals surface area (Å²) in [7, 11) is 0. The van der Waals surface area contributed by atoms with Crippen molar-refractivity contribution >= 4 is 15.9 Å². The third-order valence-corrected chi connectivity index (χ3v) is 3.67. The zero-order valence-corrected chi connectivity index (χ0v) is 11.8. The summed E-state index contributed by atoms with van der Waals surface area (Å²) in [4.78, 5) is 9.16. The fraction of sp³-hybridized carbons (Fsp3) is 0.750. The first-order valence-electron chi connectivity index (χ1n) is 6.35. The molecule has 2 heterocycles. The number of aromatic nitrogens is 2. The van der Waals surface area contributed by atoms with Gasteiger partial charge in [0, 0.05) is 57.0 Å². The van der Waals surface area contributed by atoms with Crippen molar-refractivity contribution in [3.05, 3.63) is 18.7 Å². The molecule has 1 aliphatic heterocycles. The van der Waals surface area contributed by atoms with Crippen LogP contribution in [-0.4, -0.2) is 63.9 Å². The van der Waals surface area contributed by atoms with Crippen LogP contribution in [0.4, 0.5) is 0 Å². The number of hydrogen-bond acceptors (Lipinski definition) is 3. The molecule has 17 heavy (non-hydrogen) atoms. The number of halogens is 1. The Morgan fingerprint density at radius 3 is 2.29 bits per heavy atom. The van der Waals surface area contributed by atoms with Crippen LogP contribution in [0.1, 0.15) is 6.42 Å². The predicted molar refractivity (Wildman–Crippen MR) is 73.5 cm³/mol. The molecule has 1 aliphatic rings. The molecular formula is C12H21BrN4. The highest BCUT2D eigenvalue weighted by molar-refractivity contribution is 9.09. The summed E-state index contributed by atoms with van der Waals surface area (Å²) in [5.74, 6) is 0. The van der Waals surface area contributed by atoms with E-state index in [9.17, 15) is 0 Å². The molecule has 1 aromatic heterocycles. The van der Waals surface area contributed by atoms with Crippen LogP contribution >= 0.6 is 15.9 Å². The number of rotatable bonds is 6. The summed E-state index contributed by atoms with van der Waals surface area (Å²) in [6.07, 6.45) is 7.00. The van der Waals surface area contributed by atoms with Crippen molar-refractivity contribution in [1.82, 2.24) is 19.4 Å². The van der Waals surface area contributed by atoms with E-state index >= 15 is 0 Å². The maximum atomic E-state index is 4.06. The summed E-state index contributed by atoms with van der Waals surface area (Å²) in [6, 6.07) is 0. The second-order valence-corrected chi connectivity index (χ2v) is 5.32. The summed E-state index contributed by atoms with van der Waals surface area (Å²) >= 11 is 3.50. The molecule has 96 valence electrons. The first-order valence-corrected chi connectivity index (χ1v) is 7.47. The normalized spacial score (nSPS) is 18.6. The molecule has 1 aromatic rings. The second kappa shape index (κ2) is 7.13. The van der Waals surface area contributed by atoms with E-state index in [2.05, 4.69) is 35.3 Å². The Kier molecular flexibility index (Phi) is 5.48. The van der Waals surface area contributed by atoms with Crippen molar-refractivity contribution in [3.8, 4) is 0 Å². The zero-order chi connectivity index (χ0) is 11.9. The van der Waals surface area contributed by atoms with Crippen LogP contribution in [0.25, 0.3) is 0 Å². The van der Waals surface area contributed by atoms with Crippen molar-refractivity contribution < 1.29 is 0 Å². The maximum Gasteiger partial charge on any atom is 0.0945 e. The molecule has 2 rings (SSSR count). The van der Waals surface area contributed by atoms with E-state index in [1.807, 2.05) is 18.7 Å². The molecule has 0 unspecified atom stereocenters. The van der Waals surface area contributed by atoms with Gasteiger partial charge in [0.05, 0.1) is 6.33 Å². The van der Waals surface area contributed by atoms with Crippen molar-refractivity contribution in [2.24, 2.45) is 0 Å². The van der Waals surface area contributed by atoms with Crippen molar-refractivity contribution in [2.45, 2.75) is 13.0 Å². The molecule has 1 saturated heterocycles. The summed E-state index contributed by atoms with van der Waals surface area (Å²) in [6.45, 7) is 8.35. The van der Waals surface area contributed by atoms with E-state index in [0.29, 0.717) is 0 Å². The summed E-state index contributed by atoms with van der Waals surface area (Å²) < 4.78 is 2.15. The van der Waals surface area contributed by atoms with Gasteiger partial charge in [-0.2, -0.15) is 0 Å². The largest absolute Gasteiger partial charge is 0.337 e. The average Bonchev–Trinajstić information content (AvgIpc) is 2.85. The minimum atomic E-state index is 1.08. The SMILES string of the molecule is BrCCN1CCN(CCCn2ccnc2)CC1. The molecule has 0 aromatic carbocycles. The average molecular weight is 301 g/mol. The fourth-order valence-electron chi connectivity index (χ4n) is 2.25. The lowest BCUT2D eigenvalue weighted by Crippen LogP contribution is -2.47. The van der Waals surface area contributed by atoms with Crippen LogP contribution in [-0.2, 0) is 6.54 Å². The highest BCUT2D eigenvalue weighted by atomic mass is 79.9. The van der Waals surface area contributed by atoms with Crippen LogP contribution in [0.5, 0.6) is 0 Å². The minimum absolute atomic E-state index is 1.08. The van der Waals surface area contributed by atoms with Gasteiger partial charge in [-0.25, -0.2) is 4.98 Å². The van der Waals surface area contributed by atoms with E-state index in [0.717, 1.165) is 11.9 Å². The van der Waals surface area contributed by atoms with Gasteiger partial charge < -0.3 is 9.47 Å². The molecule has 0 aliphatic carbocycles. The van der Waals surface area contributed by atoms with Crippen LogP contribution < -0.4 is 0 Å². The lowest BCUT2D eigenvalue weighted by Gasteiger charge is -2.34. The lowest BCUT2D eigenvalue weighted by molar-refractivity contribution is 0.136. The van der Waals surface area contributed by atoms with Gasteiger partial charge in [-0.1, -0.05) is 15.9 Å². The summed E-state index contributed by atoms with van der Waals surface area (Å²) in [5.41, 5.74) is 0. The number of hydrogen-bond donors (Lipinski definition) is 0. The predicted octanol–water partition coefficient (Wildman–Crippen LogP) is 1.29. The highest BCUT2D eigenvalue weighted by Crippen LogP contribution is 2.03. The Labute approximate surface area is 112 Å². The van der Waals surface area contributed by atoms with Crippen LogP contribution in [0.15, 0.2) is 18.7 Å². The van der Waals surface area contributed by atoms with Crippen LogP contribution in [0.2, 0.25) is 0 Å². The lowest BCUT2D eigenvalue weighted by atomic mass is 10.3. The number of imidazole rings is 1. The van der Waals surface area contributed by atoms with E-state index in [1.165, 1.54) is 45.7 Å².